The number of rotatable bonds is 11. The van der Waals surface area contributed by atoms with Gasteiger partial charge >= 0.3 is 0 Å². The van der Waals surface area contributed by atoms with Crippen molar-refractivity contribution < 1.29 is 38.0 Å². The van der Waals surface area contributed by atoms with Gasteiger partial charge in [-0.2, -0.15) is 0 Å². The first-order valence-electron chi connectivity index (χ1n) is 10.0. The lowest BCUT2D eigenvalue weighted by Crippen LogP contribution is -2.41. The lowest BCUT2D eigenvalue weighted by atomic mass is 10.1. The second-order valence-corrected chi connectivity index (χ2v) is 6.91. The fraction of sp³-hybridized carbons (Fsp3) is 0.391. The Bertz CT molecular complexity index is 942. The Hall–Kier alpha value is -3.82. The average molecular weight is 462 g/mol. The average Bonchev–Trinajstić information content (AvgIpc) is 2.84. The number of carbonyl (C=O) groups excluding carboxylic acids is 2. The molecule has 0 aliphatic heterocycles. The van der Waals surface area contributed by atoms with Crippen LogP contribution in [0.15, 0.2) is 24.3 Å². The Labute approximate surface area is 193 Å². The lowest BCUT2D eigenvalue weighted by Gasteiger charge is -2.18. The monoisotopic (exact) mass is 462 g/mol. The molecule has 10 nitrogen and oxygen atoms in total. The van der Waals surface area contributed by atoms with Gasteiger partial charge in [-0.25, -0.2) is 0 Å². The van der Waals surface area contributed by atoms with E-state index in [4.69, 9.17) is 28.4 Å². The van der Waals surface area contributed by atoms with E-state index in [-0.39, 0.29) is 24.4 Å². The highest BCUT2D eigenvalue weighted by Gasteiger charge is 2.20. The van der Waals surface area contributed by atoms with Crippen molar-refractivity contribution in [3.05, 3.63) is 35.4 Å². The van der Waals surface area contributed by atoms with Crippen molar-refractivity contribution in [2.45, 2.75) is 13.0 Å². The third-order valence-corrected chi connectivity index (χ3v) is 4.80. The summed E-state index contributed by atoms with van der Waals surface area (Å²) in [6, 6.07) is 5.84. The van der Waals surface area contributed by atoms with E-state index in [0.717, 1.165) is 0 Å². The normalized spacial score (nSPS) is 11.1. The fourth-order valence-corrected chi connectivity index (χ4v) is 3.13. The van der Waals surface area contributed by atoms with Crippen molar-refractivity contribution in [1.29, 1.82) is 0 Å². The van der Waals surface area contributed by atoms with E-state index in [2.05, 4.69) is 10.6 Å². The quantitative estimate of drug-likeness (QED) is 0.523. The summed E-state index contributed by atoms with van der Waals surface area (Å²) < 4.78 is 31.7. The summed E-state index contributed by atoms with van der Waals surface area (Å²) >= 11 is 0. The van der Waals surface area contributed by atoms with Crippen LogP contribution in [0.2, 0.25) is 0 Å². The van der Waals surface area contributed by atoms with Gasteiger partial charge in [-0.3, -0.25) is 9.59 Å². The molecule has 0 saturated carbocycles. The van der Waals surface area contributed by atoms with Crippen LogP contribution in [0.1, 0.15) is 27.6 Å². The van der Waals surface area contributed by atoms with E-state index in [1.54, 1.807) is 31.2 Å². The summed E-state index contributed by atoms with van der Waals surface area (Å²) in [5.74, 6) is 1.53. The summed E-state index contributed by atoms with van der Waals surface area (Å²) in [6.07, 6.45) is 0. The van der Waals surface area contributed by atoms with E-state index < -0.39 is 0 Å². The highest BCUT2D eigenvalue weighted by atomic mass is 16.5. The summed E-state index contributed by atoms with van der Waals surface area (Å²) in [5, 5.41) is 5.62. The van der Waals surface area contributed by atoms with Crippen LogP contribution >= 0.6 is 0 Å². The zero-order chi connectivity index (χ0) is 24.5. The summed E-state index contributed by atoms with van der Waals surface area (Å²) in [4.78, 5) is 25.4. The highest BCUT2D eigenvalue weighted by Crippen LogP contribution is 2.39. The van der Waals surface area contributed by atoms with Crippen LogP contribution in [0, 0.1) is 0 Å². The molecular weight excluding hydrogens is 432 g/mol. The minimum absolute atomic E-state index is 0.186. The Morgan fingerprint density at radius 1 is 0.667 bits per heavy atom. The van der Waals surface area contributed by atoms with Gasteiger partial charge in [-0.05, 0) is 31.2 Å². The van der Waals surface area contributed by atoms with Crippen LogP contribution in [-0.2, 0) is 0 Å². The highest BCUT2D eigenvalue weighted by molar-refractivity contribution is 5.97. The Kier molecular flexibility index (Phi) is 9.02. The molecule has 1 atom stereocenters. The molecule has 2 aromatic carbocycles. The summed E-state index contributed by atoms with van der Waals surface area (Å²) in [7, 11) is 8.86. The number of hydrogen-bond acceptors (Lipinski definition) is 8. The van der Waals surface area contributed by atoms with Crippen molar-refractivity contribution in [3.63, 3.8) is 0 Å². The van der Waals surface area contributed by atoms with Gasteiger partial charge in [0.25, 0.3) is 11.8 Å². The molecule has 0 aromatic heterocycles. The van der Waals surface area contributed by atoms with Crippen molar-refractivity contribution in [2.24, 2.45) is 0 Å². The topological polar surface area (TPSA) is 114 Å². The lowest BCUT2D eigenvalue weighted by molar-refractivity contribution is 0.0911. The molecule has 0 radical (unpaired) electrons. The minimum Gasteiger partial charge on any atom is -0.493 e. The molecule has 0 fully saturated rings. The maximum Gasteiger partial charge on any atom is 0.251 e. The summed E-state index contributed by atoms with van der Waals surface area (Å²) in [5.41, 5.74) is 0.653. The van der Waals surface area contributed by atoms with E-state index in [1.807, 2.05) is 0 Å². The summed E-state index contributed by atoms with van der Waals surface area (Å²) in [6.45, 7) is 1.96. The smallest absolute Gasteiger partial charge is 0.251 e. The molecular formula is C23H30N2O8. The second kappa shape index (κ2) is 11.7. The van der Waals surface area contributed by atoms with Crippen LogP contribution in [0.4, 0.5) is 0 Å². The molecule has 0 saturated heterocycles. The van der Waals surface area contributed by atoms with Crippen LogP contribution in [-0.4, -0.2) is 67.1 Å². The molecule has 2 amide bonds. The molecule has 2 rings (SSSR count). The number of amides is 2. The molecule has 2 N–H and O–H groups in total. The van der Waals surface area contributed by atoms with Gasteiger partial charge in [0.05, 0.1) is 42.7 Å². The van der Waals surface area contributed by atoms with Gasteiger partial charge < -0.3 is 39.1 Å². The second-order valence-electron chi connectivity index (χ2n) is 6.91. The molecule has 0 aliphatic rings. The zero-order valence-electron chi connectivity index (χ0n) is 19.9. The Morgan fingerprint density at radius 2 is 1.03 bits per heavy atom. The predicted octanol–water partition coefficient (Wildman–Crippen LogP) is 2.29. The molecule has 1 unspecified atom stereocenters. The van der Waals surface area contributed by atoms with Crippen molar-refractivity contribution in [1.82, 2.24) is 10.6 Å². The minimum atomic E-state index is -0.373. The van der Waals surface area contributed by atoms with Crippen molar-refractivity contribution in [3.8, 4) is 34.5 Å². The first kappa shape index (κ1) is 25.4. The number of hydrogen-bond donors (Lipinski definition) is 2. The van der Waals surface area contributed by atoms with E-state index in [9.17, 15) is 9.59 Å². The third kappa shape index (κ3) is 5.91. The first-order chi connectivity index (χ1) is 15.8. The van der Waals surface area contributed by atoms with E-state index in [1.165, 1.54) is 42.7 Å². The molecule has 0 aliphatic carbocycles. The van der Waals surface area contributed by atoms with Crippen LogP contribution < -0.4 is 39.1 Å². The first-order valence-corrected chi connectivity index (χ1v) is 10.0. The maximum absolute atomic E-state index is 12.7. The van der Waals surface area contributed by atoms with Crippen molar-refractivity contribution >= 4 is 11.8 Å². The molecule has 33 heavy (non-hydrogen) atoms. The molecule has 0 heterocycles. The number of ether oxygens (including phenoxy) is 6. The predicted molar refractivity (Wildman–Crippen MR) is 121 cm³/mol. The van der Waals surface area contributed by atoms with Crippen LogP contribution in [0.5, 0.6) is 34.5 Å². The van der Waals surface area contributed by atoms with Crippen molar-refractivity contribution in [2.75, 3.05) is 49.2 Å². The fourth-order valence-electron chi connectivity index (χ4n) is 3.13. The van der Waals surface area contributed by atoms with Gasteiger partial charge in [0.15, 0.2) is 23.0 Å². The number of nitrogens with one attached hydrogen (secondary N) is 2. The van der Waals surface area contributed by atoms with Gasteiger partial charge in [-0.15, -0.1) is 0 Å². The largest absolute Gasteiger partial charge is 0.493 e. The maximum atomic E-state index is 12.7. The Morgan fingerprint density at radius 3 is 1.36 bits per heavy atom. The van der Waals surface area contributed by atoms with Gasteiger partial charge in [0, 0.05) is 23.7 Å². The third-order valence-electron chi connectivity index (χ3n) is 4.80. The number of benzene rings is 2. The standard InChI is InChI=1S/C23H30N2O8/c1-13(25-23(27)15-10-18(30-4)21(33-7)19(11-15)31-5)12-24-22(26)14-8-16(28-2)20(32-6)17(9-14)29-3/h8-11,13H,12H2,1-7H3,(H,24,26)(H,25,27). The molecule has 0 bridgehead atoms. The Balaban J connectivity index is 2.08. The number of methoxy groups -OCH3 is 6. The van der Waals surface area contributed by atoms with Crippen LogP contribution in [0.3, 0.4) is 0 Å². The number of carbonyl (C=O) groups is 2. The zero-order valence-corrected chi connectivity index (χ0v) is 19.9. The van der Waals surface area contributed by atoms with Gasteiger partial charge in [0.1, 0.15) is 0 Å². The van der Waals surface area contributed by atoms with E-state index >= 15 is 0 Å². The molecule has 0 spiro atoms. The van der Waals surface area contributed by atoms with Gasteiger partial charge in [-0.1, -0.05) is 0 Å². The SMILES string of the molecule is COc1cc(C(=O)NCC(C)NC(=O)c2cc(OC)c(OC)c(OC)c2)cc(OC)c1OC. The van der Waals surface area contributed by atoms with Gasteiger partial charge in [0.2, 0.25) is 11.5 Å². The van der Waals surface area contributed by atoms with Crippen LogP contribution in [0.25, 0.3) is 0 Å². The molecule has 180 valence electrons. The molecule has 10 heteroatoms. The van der Waals surface area contributed by atoms with E-state index in [0.29, 0.717) is 45.6 Å². The molecule has 2 aromatic rings.